The Hall–Kier alpha value is -4.44. The van der Waals surface area contributed by atoms with Crippen molar-refractivity contribution < 1.29 is 19.2 Å². The van der Waals surface area contributed by atoms with Crippen LogP contribution in [0.15, 0.2) is 72.8 Å². The number of esters is 1. The van der Waals surface area contributed by atoms with Crippen LogP contribution in [-0.2, 0) is 4.74 Å². The summed E-state index contributed by atoms with van der Waals surface area (Å²) >= 11 is 0. The number of anilines is 1. The van der Waals surface area contributed by atoms with E-state index in [1.165, 1.54) is 31.4 Å². The zero-order chi connectivity index (χ0) is 21.5. The van der Waals surface area contributed by atoms with Crippen molar-refractivity contribution in [3.05, 3.63) is 105 Å². The number of hydrogen-bond donors (Lipinski definition) is 1. The highest BCUT2D eigenvalue weighted by Gasteiger charge is 2.10. The number of hydrogen-bond acceptors (Lipinski definition) is 5. The molecular weight excluding hydrogens is 384 g/mol. The van der Waals surface area contributed by atoms with Gasteiger partial charge in [0.1, 0.15) is 0 Å². The lowest BCUT2D eigenvalue weighted by Gasteiger charge is -2.05. The largest absolute Gasteiger partial charge is 0.465 e. The topological polar surface area (TPSA) is 98.5 Å². The van der Waals surface area contributed by atoms with E-state index in [9.17, 15) is 19.7 Å². The number of nitrogens with zero attached hydrogens (tertiary/aromatic N) is 1. The first-order chi connectivity index (χ1) is 14.5. The van der Waals surface area contributed by atoms with Crippen LogP contribution in [-0.4, -0.2) is 23.9 Å². The fourth-order valence-electron chi connectivity index (χ4n) is 2.60. The van der Waals surface area contributed by atoms with E-state index in [-0.39, 0.29) is 11.6 Å². The average molecular weight is 400 g/mol. The Bertz CT molecular complexity index is 1170. The molecule has 0 radical (unpaired) electrons. The van der Waals surface area contributed by atoms with Crippen LogP contribution >= 0.6 is 0 Å². The maximum Gasteiger partial charge on any atom is 0.337 e. The van der Waals surface area contributed by atoms with Gasteiger partial charge in [0.25, 0.3) is 11.6 Å². The number of nitro groups is 1. The van der Waals surface area contributed by atoms with Gasteiger partial charge in [0.2, 0.25) is 0 Å². The van der Waals surface area contributed by atoms with Gasteiger partial charge in [-0.05, 0) is 48.5 Å². The number of nitrogens with one attached hydrogen (secondary N) is 1. The summed E-state index contributed by atoms with van der Waals surface area (Å²) in [5.41, 5.74) is 2.48. The smallest absolute Gasteiger partial charge is 0.337 e. The van der Waals surface area contributed by atoms with Crippen LogP contribution in [0.25, 0.3) is 0 Å². The maximum atomic E-state index is 12.4. The van der Waals surface area contributed by atoms with Gasteiger partial charge in [-0.3, -0.25) is 14.9 Å². The zero-order valence-corrected chi connectivity index (χ0v) is 15.9. The number of carbonyl (C=O) groups excluding carboxylic acids is 2. The third kappa shape index (κ3) is 5.09. The van der Waals surface area contributed by atoms with E-state index >= 15 is 0 Å². The van der Waals surface area contributed by atoms with Gasteiger partial charge in [0.15, 0.2) is 0 Å². The molecule has 0 aliphatic rings. The Morgan fingerprint density at radius 1 is 0.900 bits per heavy atom. The monoisotopic (exact) mass is 400 g/mol. The van der Waals surface area contributed by atoms with Crippen LogP contribution in [0, 0.1) is 22.0 Å². The van der Waals surface area contributed by atoms with E-state index in [4.69, 9.17) is 4.74 Å². The maximum absolute atomic E-state index is 12.4. The molecule has 0 aromatic heterocycles. The fourth-order valence-corrected chi connectivity index (χ4v) is 2.60. The van der Waals surface area contributed by atoms with E-state index in [0.29, 0.717) is 27.9 Å². The van der Waals surface area contributed by atoms with Crippen molar-refractivity contribution in [1.29, 1.82) is 0 Å². The predicted molar refractivity (Wildman–Crippen MR) is 111 cm³/mol. The van der Waals surface area contributed by atoms with Crippen LogP contribution in [0.4, 0.5) is 11.4 Å². The number of carbonyl (C=O) groups is 2. The molecule has 0 heterocycles. The molecule has 1 amide bonds. The van der Waals surface area contributed by atoms with Gasteiger partial charge in [-0.25, -0.2) is 4.79 Å². The number of non-ortho nitro benzene ring substituents is 1. The quantitative estimate of drug-likeness (QED) is 0.309. The second-order valence-corrected chi connectivity index (χ2v) is 6.16. The second kappa shape index (κ2) is 9.17. The molecule has 3 aromatic rings. The van der Waals surface area contributed by atoms with E-state index in [0.717, 1.165) is 0 Å². The lowest BCUT2D eigenvalue weighted by Crippen LogP contribution is -2.11. The molecule has 0 bridgehead atoms. The predicted octanol–water partition coefficient (Wildman–Crippen LogP) is 4.03. The number of amides is 1. The molecule has 3 aromatic carbocycles. The van der Waals surface area contributed by atoms with Gasteiger partial charge in [0.05, 0.1) is 17.6 Å². The molecule has 3 rings (SSSR count). The summed E-state index contributed by atoms with van der Waals surface area (Å²) in [6.45, 7) is 0. The van der Waals surface area contributed by atoms with Crippen molar-refractivity contribution in [1.82, 2.24) is 0 Å². The summed E-state index contributed by atoms with van der Waals surface area (Å²) in [7, 11) is 1.32. The second-order valence-electron chi connectivity index (χ2n) is 6.16. The van der Waals surface area contributed by atoms with Gasteiger partial charge >= 0.3 is 5.97 Å². The minimum absolute atomic E-state index is 0.0832. The van der Waals surface area contributed by atoms with Crippen LogP contribution in [0.5, 0.6) is 0 Å². The van der Waals surface area contributed by atoms with Crippen molar-refractivity contribution in [3.8, 4) is 11.8 Å². The Balaban J connectivity index is 1.74. The van der Waals surface area contributed by atoms with Gasteiger partial charge in [0, 0.05) is 34.5 Å². The minimum Gasteiger partial charge on any atom is -0.465 e. The van der Waals surface area contributed by atoms with Crippen LogP contribution in [0.3, 0.4) is 0 Å². The summed E-state index contributed by atoms with van der Waals surface area (Å²) in [5, 5.41) is 13.5. The Kier molecular flexibility index (Phi) is 6.20. The molecule has 0 unspecified atom stereocenters. The van der Waals surface area contributed by atoms with Crippen LogP contribution in [0.1, 0.15) is 31.8 Å². The third-order valence-corrected chi connectivity index (χ3v) is 4.10. The first-order valence-electron chi connectivity index (χ1n) is 8.82. The Labute approximate surface area is 172 Å². The Morgan fingerprint density at radius 3 is 2.17 bits per heavy atom. The molecule has 0 spiro atoms. The number of nitro benzene ring substituents is 1. The van der Waals surface area contributed by atoms with Gasteiger partial charge in [-0.15, -0.1) is 0 Å². The molecule has 148 valence electrons. The highest BCUT2D eigenvalue weighted by molar-refractivity contribution is 6.04. The first-order valence-corrected chi connectivity index (χ1v) is 8.82. The molecule has 0 fully saturated rings. The van der Waals surface area contributed by atoms with E-state index in [2.05, 4.69) is 17.2 Å². The van der Waals surface area contributed by atoms with Crippen molar-refractivity contribution in [2.24, 2.45) is 0 Å². The number of benzene rings is 3. The van der Waals surface area contributed by atoms with Crippen molar-refractivity contribution >= 4 is 23.3 Å². The average Bonchev–Trinajstić information content (AvgIpc) is 2.77. The standard InChI is InChI=1S/C23H16N2O5/c1-30-23(27)19-6-2-4-16(14-19)8-9-17-5-3-7-20(15-17)24-22(26)18-10-12-21(13-11-18)25(28)29/h2-7,10-15H,1H3,(H,24,26). The molecule has 7 nitrogen and oxygen atoms in total. The lowest BCUT2D eigenvalue weighted by molar-refractivity contribution is -0.384. The third-order valence-electron chi connectivity index (χ3n) is 4.10. The summed E-state index contributed by atoms with van der Waals surface area (Å²) < 4.78 is 4.70. The highest BCUT2D eigenvalue weighted by Crippen LogP contribution is 2.15. The van der Waals surface area contributed by atoms with Crippen molar-refractivity contribution in [3.63, 3.8) is 0 Å². The summed E-state index contributed by atoms with van der Waals surface area (Å²) in [5.74, 6) is 5.14. The summed E-state index contributed by atoms with van der Waals surface area (Å²) in [6.07, 6.45) is 0. The first kappa shape index (κ1) is 20.3. The molecule has 7 heteroatoms. The molecule has 30 heavy (non-hydrogen) atoms. The lowest BCUT2D eigenvalue weighted by atomic mass is 10.1. The number of rotatable bonds is 4. The molecular formula is C23H16N2O5. The van der Waals surface area contributed by atoms with Gasteiger partial charge < -0.3 is 10.1 Å². The molecule has 0 saturated heterocycles. The number of ether oxygens (including phenoxy) is 1. The minimum atomic E-state index is -0.523. The van der Waals surface area contributed by atoms with Crippen molar-refractivity contribution in [2.45, 2.75) is 0 Å². The SMILES string of the molecule is COC(=O)c1cccc(C#Cc2cccc(NC(=O)c3ccc([N+](=O)[O-])cc3)c2)c1. The van der Waals surface area contributed by atoms with Crippen LogP contribution < -0.4 is 5.32 Å². The Morgan fingerprint density at radius 2 is 1.53 bits per heavy atom. The summed E-state index contributed by atoms with van der Waals surface area (Å²) in [4.78, 5) is 34.2. The number of methoxy groups -OCH3 is 1. The molecule has 0 saturated carbocycles. The fraction of sp³-hybridized carbons (Fsp3) is 0.0435. The van der Waals surface area contributed by atoms with E-state index < -0.39 is 10.9 Å². The van der Waals surface area contributed by atoms with E-state index in [1.807, 2.05) is 0 Å². The molecule has 0 atom stereocenters. The van der Waals surface area contributed by atoms with Crippen LogP contribution in [0.2, 0.25) is 0 Å². The van der Waals surface area contributed by atoms with Gasteiger partial charge in [-0.2, -0.15) is 0 Å². The summed E-state index contributed by atoms with van der Waals surface area (Å²) in [6, 6.07) is 19.1. The molecule has 0 aliphatic carbocycles. The van der Waals surface area contributed by atoms with Crippen molar-refractivity contribution in [2.75, 3.05) is 12.4 Å². The highest BCUT2D eigenvalue weighted by atomic mass is 16.6. The molecule has 1 N–H and O–H groups in total. The molecule has 0 aliphatic heterocycles. The normalized spacial score (nSPS) is 9.77. The zero-order valence-electron chi connectivity index (χ0n) is 15.9. The van der Waals surface area contributed by atoms with Gasteiger partial charge in [-0.1, -0.05) is 24.0 Å². The van der Waals surface area contributed by atoms with E-state index in [1.54, 1.807) is 48.5 Å².